The molecule has 142 valence electrons. The molecule has 0 saturated carbocycles. The average Bonchev–Trinajstić information content (AvgIpc) is 3.07. The average molecular weight is 367 g/mol. The van der Waals surface area contributed by atoms with Crippen LogP contribution in [-0.4, -0.2) is 36.7 Å². The summed E-state index contributed by atoms with van der Waals surface area (Å²) in [5, 5.41) is 13.7. The van der Waals surface area contributed by atoms with Crippen LogP contribution in [0, 0.1) is 10.1 Å². The van der Waals surface area contributed by atoms with E-state index < -0.39 is 23.2 Å². The molecule has 1 aromatic carbocycles. The number of hydrogen-bond donors (Lipinski definition) is 2. The Labute approximate surface area is 149 Å². The molecule has 1 aromatic rings. The van der Waals surface area contributed by atoms with Crippen LogP contribution in [0.25, 0.3) is 0 Å². The Morgan fingerprint density at radius 2 is 2.12 bits per heavy atom. The van der Waals surface area contributed by atoms with E-state index in [0.29, 0.717) is 31.4 Å². The van der Waals surface area contributed by atoms with Gasteiger partial charge in [-0.2, -0.15) is 0 Å². The van der Waals surface area contributed by atoms with Crippen LogP contribution in [0.3, 0.4) is 0 Å². The van der Waals surface area contributed by atoms with Gasteiger partial charge in [0, 0.05) is 0 Å². The molecule has 1 aliphatic rings. The van der Waals surface area contributed by atoms with Gasteiger partial charge in [-0.1, -0.05) is 0 Å². The zero-order chi connectivity index (χ0) is 19.1. The molecule has 3 N–H and O–H groups in total. The molecule has 0 saturated heterocycles. The van der Waals surface area contributed by atoms with Crippen LogP contribution in [0.4, 0.5) is 10.5 Å². The van der Waals surface area contributed by atoms with Gasteiger partial charge >= 0.3 is 6.09 Å². The van der Waals surface area contributed by atoms with Crippen molar-refractivity contribution in [2.24, 2.45) is 5.73 Å². The zero-order valence-electron chi connectivity index (χ0n) is 14.3. The van der Waals surface area contributed by atoms with Crippen molar-refractivity contribution in [2.75, 3.05) is 13.3 Å². The predicted molar refractivity (Wildman–Crippen MR) is 90.0 cm³/mol. The van der Waals surface area contributed by atoms with Gasteiger partial charge in [-0.05, 0) is 38.8 Å². The number of carbonyl (C=O) groups excluding carboxylic acids is 2. The van der Waals surface area contributed by atoms with E-state index in [2.05, 4.69) is 5.32 Å². The molecule has 26 heavy (non-hydrogen) atoms. The van der Waals surface area contributed by atoms with Crippen molar-refractivity contribution in [1.29, 1.82) is 0 Å². The molecule has 0 aromatic heterocycles. The summed E-state index contributed by atoms with van der Waals surface area (Å²) in [6.07, 6.45) is 0.708. The normalized spacial score (nSPS) is 14.4. The molecule has 0 aliphatic carbocycles. The molecule has 10 heteroatoms. The third-order valence-corrected chi connectivity index (χ3v) is 3.88. The van der Waals surface area contributed by atoms with E-state index >= 15 is 0 Å². The Balaban J connectivity index is 2.04. The fourth-order valence-electron chi connectivity index (χ4n) is 2.52. The lowest BCUT2D eigenvalue weighted by Gasteiger charge is -2.17. The maximum atomic E-state index is 12.0. The van der Waals surface area contributed by atoms with Gasteiger partial charge in [-0.15, -0.1) is 0 Å². The molecule has 1 aliphatic heterocycles. The summed E-state index contributed by atoms with van der Waals surface area (Å²) in [5.41, 5.74) is 5.31. The SMILES string of the molecule is CC(OC(=O)N[C@H](C=O)CCCCN)c1cc2c(cc1[N+](=O)[O-])OCO2. The summed E-state index contributed by atoms with van der Waals surface area (Å²) in [4.78, 5) is 33.7. The molecule has 2 rings (SSSR count). The minimum Gasteiger partial charge on any atom is -0.454 e. The molecule has 2 atom stereocenters. The number of nitro groups is 1. The first-order chi connectivity index (χ1) is 12.5. The van der Waals surface area contributed by atoms with Crippen molar-refractivity contribution in [2.45, 2.75) is 38.3 Å². The van der Waals surface area contributed by atoms with E-state index in [-0.39, 0.29) is 23.8 Å². The molecular formula is C16H21N3O7. The van der Waals surface area contributed by atoms with Gasteiger partial charge in [0.2, 0.25) is 6.79 Å². The van der Waals surface area contributed by atoms with Crippen LogP contribution < -0.4 is 20.5 Å². The van der Waals surface area contributed by atoms with Crippen LogP contribution in [0.15, 0.2) is 12.1 Å². The van der Waals surface area contributed by atoms with Gasteiger partial charge in [-0.25, -0.2) is 4.79 Å². The summed E-state index contributed by atoms with van der Waals surface area (Å²) in [5.74, 6) is 0.604. The summed E-state index contributed by atoms with van der Waals surface area (Å²) in [7, 11) is 0. The number of carbonyl (C=O) groups is 2. The number of hydrogen-bond acceptors (Lipinski definition) is 8. The molecule has 10 nitrogen and oxygen atoms in total. The van der Waals surface area contributed by atoms with Crippen molar-refractivity contribution in [1.82, 2.24) is 5.32 Å². The molecule has 0 bridgehead atoms. The van der Waals surface area contributed by atoms with E-state index in [1.807, 2.05) is 0 Å². The highest BCUT2D eigenvalue weighted by Gasteiger charge is 2.28. The first kappa shape index (κ1) is 19.4. The van der Waals surface area contributed by atoms with Gasteiger partial charge in [0.25, 0.3) is 5.69 Å². The van der Waals surface area contributed by atoms with Crippen LogP contribution in [0.5, 0.6) is 11.5 Å². The van der Waals surface area contributed by atoms with Gasteiger partial charge in [0.15, 0.2) is 11.5 Å². The summed E-state index contributed by atoms with van der Waals surface area (Å²) in [6.45, 7) is 1.96. The number of fused-ring (bicyclic) bond motifs is 1. The van der Waals surface area contributed by atoms with Crippen molar-refractivity contribution in [3.05, 3.63) is 27.8 Å². The predicted octanol–water partition coefficient (Wildman–Crippen LogP) is 1.81. The number of aldehydes is 1. The zero-order valence-corrected chi connectivity index (χ0v) is 14.3. The number of alkyl carbamates (subject to hydrolysis) is 1. The van der Waals surface area contributed by atoms with Gasteiger partial charge in [0.1, 0.15) is 12.4 Å². The Bertz CT molecular complexity index is 680. The number of rotatable bonds is 9. The first-order valence-electron chi connectivity index (χ1n) is 8.16. The summed E-state index contributed by atoms with van der Waals surface area (Å²) >= 11 is 0. The van der Waals surface area contributed by atoms with Gasteiger partial charge in [-0.3, -0.25) is 10.1 Å². The number of nitrogens with two attached hydrogens (primary N) is 1. The number of unbranched alkanes of at least 4 members (excludes halogenated alkanes) is 1. The Morgan fingerprint density at radius 1 is 1.42 bits per heavy atom. The molecule has 0 radical (unpaired) electrons. The minimum atomic E-state index is -0.929. The summed E-state index contributed by atoms with van der Waals surface area (Å²) < 4.78 is 15.5. The minimum absolute atomic E-state index is 0.0323. The van der Waals surface area contributed by atoms with E-state index in [1.54, 1.807) is 0 Å². The van der Waals surface area contributed by atoms with Crippen LogP contribution in [0.2, 0.25) is 0 Å². The smallest absolute Gasteiger partial charge is 0.408 e. The fraction of sp³-hybridized carbons (Fsp3) is 0.500. The Kier molecular flexibility index (Phi) is 6.73. The molecule has 1 heterocycles. The van der Waals surface area contributed by atoms with E-state index in [9.17, 15) is 19.7 Å². The number of nitrogens with zero attached hydrogens (tertiary/aromatic N) is 1. The second-order valence-electron chi connectivity index (χ2n) is 5.74. The highest BCUT2D eigenvalue weighted by Crippen LogP contribution is 2.40. The first-order valence-corrected chi connectivity index (χ1v) is 8.16. The van der Waals surface area contributed by atoms with Gasteiger partial charge < -0.3 is 30.1 Å². The lowest BCUT2D eigenvalue weighted by Crippen LogP contribution is -2.36. The highest BCUT2D eigenvalue weighted by atomic mass is 16.7. The van der Waals surface area contributed by atoms with E-state index in [1.165, 1.54) is 19.1 Å². The van der Waals surface area contributed by atoms with Crippen molar-refractivity contribution < 1.29 is 28.7 Å². The molecule has 1 unspecified atom stereocenters. The maximum absolute atomic E-state index is 12.0. The van der Waals surface area contributed by atoms with Crippen LogP contribution >= 0.6 is 0 Å². The number of nitro benzene ring substituents is 1. The van der Waals surface area contributed by atoms with Crippen molar-refractivity contribution >= 4 is 18.1 Å². The highest BCUT2D eigenvalue weighted by molar-refractivity contribution is 5.73. The Morgan fingerprint density at radius 3 is 2.73 bits per heavy atom. The molecule has 1 amide bonds. The number of amides is 1. The largest absolute Gasteiger partial charge is 0.454 e. The molecule has 0 fully saturated rings. The topological polar surface area (TPSA) is 143 Å². The van der Waals surface area contributed by atoms with Crippen molar-refractivity contribution in [3.8, 4) is 11.5 Å². The Hall–Kier alpha value is -2.88. The van der Waals surface area contributed by atoms with Crippen LogP contribution in [0.1, 0.15) is 37.9 Å². The van der Waals surface area contributed by atoms with Gasteiger partial charge in [0.05, 0.1) is 22.6 Å². The molecular weight excluding hydrogens is 346 g/mol. The third-order valence-electron chi connectivity index (χ3n) is 3.88. The molecule has 0 spiro atoms. The number of ether oxygens (including phenoxy) is 3. The second-order valence-corrected chi connectivity index (χ2v) is 5.74. The standard InChI is InChI=1S/C16H21N3O7/c1-10(26-16(21)18-11(8-20)4-2-3-5-17)12-6-14-15(25-9-24-14)7-13(12)19(22)23/h6-8,10-11H,2-5,9,17H2,1H3,(H,18,21)/t10?,11-/m0/s1. The number of benzene rings is 1. The quantitative estimate of drug-likeness (QED) is 0.291. The van der Waals surface area contributed by atoms with E-state index in [4.69, 9.17) is 19.9 Å². The third kappa shape index (κ3) is 4.82. The lowest BCUT2D eigenvalue weighted by molar-refractivity contribution is -0.386. The van der Waals surface area contributed by atoms with Crippen LogP contribution in [-0.2, 0) is 9.53 Å². The van der Waals surface area contributed by atoms with Crippen molar-refractivity contribution in [3.63, 3.8) is 0 Å². The maximum Gasteiger partial charge on any atom is 0.408 e. The summed E-state index contributed by atoms with van der Waals surface area (Å²) in [6, 6.07) is 1.95. The number of nitrogens with one attached hydrogen (secondary N) is 1. The van der Waals surface area contributed by atoms with E-state index in [0.717, 1.165) is 6.42 Å². The second kappa shape index (κ2) is 8.99. The fourth-order valence-corrected chi connectivity index (χ4v) is 2.52. The monoisotopic (exact) mass is 367 g/mol. The lowest BCUT2D eigenvalue weighted by atomic mass is 10.1.